The van der Waals surface area contributed by atoms with Crippen molar-refractivity contribution < 1.29 is 9.53 Å². The first kappa shape index (κ1) is 13.9. The van der Waals surface area contributed by atoms with E-state index in [0.717, 1.165) is 19.3 Å². The molecule has 1 aliphatic carbocycles. The lowest BCUT2D eigenvalue weighted by molar-refractivity contribution is 0.0910. The zero-order valence-electron chi connectivity index (χ0n) is 10.8. The van der Waals surface area contributed by atoms with E-state index in [1.165, 1.54) is 6.20 Å². The van der Waals surface area contributed by atoms with Crippen molar-refractivity contribution in [3.8, 4) is 0 Å². The number of hydrogen-bond acceptors (Lipinski definition) is 4. The molecule has 1 aromatic heterocycles. The molecule has 2 atom stereocenters. The maximum atomic E-state index is 12.0. The topological polar surface area (TPSA) is 77.2 Å². The fraction of sp³-hybridized carbons (Fsp3) is 0.462. The highest BCUT2D eigenvalue weighted by Crippen LogP contribution is 2.21. The summed E-state index contributed by atoms with van der Waals surface area (Å²) in [4.78, 5) is 16.3. The maximum absolute atomic E-state index is 12.0. The summed E-state index contributed by atoms with van der Waals surface area (Å²) in [5, 5.41) is 2.96. The van der Waals surface area contributed by atoms with Gasteiger partial charge >= 0.3 is 0 Å². The Labute approximate surface area is 117 Å². The first-order valence-electron chi connectivity index (χ1n) is 6.19. The average Bonchev–Trinajstić information content (AvgIpc) is 2.86. The Kier molecular flexibility index (Phi) is 4.44. The van der Waals surface area contributed by atoms with Crippen LogP contribution in [0.3, 0.4) is 0 Å². The molecule has 2 unspecified atom stereocenters. The number of pyridine rings is 1. The van der Waals surface area contributed by atoms with Gasteiger partial charge in [-0.05, 0) is 31.4 Å². The molecule has 1 aliphatic rings. The molecule has 19 heavy (non-hydrogen) atoms. The third kappa shape index (κ3) is 3.48. The van der Waals surface area contributed by atoms with Crippen LogP contribution in [0.1, 0.15) is 35.3 Å². The van der Waals surface area contributed by atoms with Crippen LogP contribution in [0, 0.1) is 0 Å². The number of ether oxygens (including phenoxy) is 1. The van der Waals surface area contributed by atoms with Crippen molar-refractivity contribution in [2.45, 2.75) is 31.4 Å². The molecule has 5 nitrogen and oxygen atoms in total. The molecule has 1 saturated carbocycles. The molecule has 0 aromatic carbocycles. The van der Waals surface area contributed by atoms with E-state index in [2.05, 4.69) is 10.3 Å². The van der Waals surface area contributed by atoms with E-state index in [1.807, 2.05) is 0 Å². The van der Waals surface area contributed by atoms with Gasteiger partial charge in [0.05, 0.1) is 6.10 Å². The van der Waals surface area contributed by atoms with E-state index in [1.54, 1.807) is 19.2 Å². The smallest absolute Gasteiger partial charge is 0.270 e. The molecule has 0 bridgehead atoms. The quantitative estimate of drug-likeness (QED) is 0.804. The van der Waals surface area contributed by atoms with Crippen molar-refractivity contribution in [3.05, 3.63) is 29.6 Å². The van der Waals surface area contributed by atoms with Gasteiger partial charge in [-0.15, -0.1) is 0 Å². The lowest BCUT2D eigenvalue weighted by Crippen LogP contribution is -2.34. The Bertz CT molecular complexity index is 475. The van der Waals surface area contributed by atoms with Gasteiger partial charge in [-0.3, -0.25) is 9.78 Å². The Balaban J connectivity index is 1.95. The van der Waals surface area contributed by atoms with Crippen molar-refractivity contribution >= 4 is 23.1 Å². The van der Waals surface area contributed by atoms with Crippen LogP contribution in [0.2, 0.25) is 0 Å². The summed E-state index contributed by atoms with van der Waals surface area (Å²) in [6, 6.07) is 3.50. The van der Waals surface area contributed by atoms with E-state index in [4.69, 9.17) is 22.7 Å². The number of nitrogens with zero attached hydrogens (tertiary/aromatic N) is 1. The first-order valence-corrected chi connectivity index (χ1v) is 6.60. The molecule has 2 rings (SSSR count). The van der Waals surface area contributed by atoms with E-state index in [0.29, 0.717) is 11.3 Å². The number of nitrogens with two attached hydrogens (primary N) is 1. The van der Waals surface area contributed by atoms with Gasteiger partial charge in [0.1, 0.15) is 10.7 Å². The summed E-state index contributed by atoms with van der Waals surface area (Å²) in [6.07, 6.45) is 4.54. The highest BCUT2D eigenvalue weighted by molar-refractivity contribution is 7.80. The number of carbonyl (C=O) groups excluding carboxylic acids is 1. The average molecular weight is 279 g/mol. The third-order valence-corrected chi connectivity index (χ3v) is 3.57. The number of rotatable bonds is 4. The van der Waals surface area contributed by atoms with Crippen molar-refractivity contribution in [2.75, 3.05) is 7.11 Å². The van der Waals surface area contributed by atoms with E-state index < -0.39 is 0 Å². The van der Waals surface area contributed by atoms with Crippen molar-refractivity contribution in [1.82, 2.24) is 10.3 Å². The number of methoxy groups -OCH3 is 1. The van der Waals surface area contributed by atoms with Gasteiger partial charge in [0, 0.05) is 24.9 Å². The largest absolute Gasteiger partial charge is 0.389 e. The minimum atomic E-state index is -0.170. The Morgan fingerprint density at radius 1 is 1.53 bits per heavy atom. The molecule has 0 saturated heterocycles. The van der Waals surface area contributed by atoms with E-state index in [9.17, 15) is 4.79 Å². The summed E-state index contributed by atoms with van der Waals surface area (Å²) in [5.41, 5.74) is 6.51. The number of carbonyl (C=O) groups is 1. The van der Waals surface area contributed by atoms with Gasteiger partial charge in [0.15, 0.2) is 0 Å². The Morgan fingerprint density at radius 3 is 2.84 bits per heavy atom. The second kappa shape index (κ2) is 6.08. The second-order valence-electron chi connectivity index (χ2n) is 4.64. The zero-order valence-corrected chi connectivity index (χ0v) is 11.6. The summed E-state index contributed by atoms with van der Waals surface area (Å²) in [7, 11) is 1.70. The van der Waals surface area contributed by atoms with E-state index >= 15 is 0 Å². The lowest BCUT2D eigenvalue weighted by atomic mass is 10.2. The summed E-state index contributed by atoms with van der Waals surface area (Å²) in [5.74, 6) is -0.170. The Morgan fingerprint density at radius 2 is 2.32 bits per heavy atom. The Hall–Kier alpha value is -1.53. The highest BCUT2D eigenvalue weighted by Gasteiger charge is 2.26. The highest BCUT2D eigenvalue weighted by atomic mass is 32.1. The van der Waals surface area contributed by atoms with Gasteiger partial charge in [0.2, 0.25) is 0 Å². The van der Waals surface area contributed by atoms with Crippen LogP contribution < -0.4 is 11.1 Å². The molecule has 0 spiro atoms. The predicted molar refractivity (Wildman–Crippen MR) is 76.0 cm³/mol. The fourth-order valence-electron chi connectivity index (χ4n) is 2.22. The molecule has 0 radical (unpaired) electrons. The predicted octanol–water partition coefficient (Wildman–Crippen LogP) is 1.01. The van der Waals surface area contributed by atoms with Gasteiger partial charge in [-0.2, -0.15) is 0 Å². The van der Waals surface area contributed by atoms with Crippen LogP contribution in [-0.2, 0) is 4.74 Å². The molecule has 0 aliphatic heterocycles. The van der Waals surface area contributed by atoms with E-state index in [-0.39, 0.29) is 23.0 Å². The molecule has 6 heteroatoms. The molecule has 3 N–H and O–H groups in total. The number of nitrogens with one attached hydrogen (secondary N) is 1. The molecule has 1 heterocycles. The summed E-state index contributed by atoms with van der Waals surface area (Å²) < 4.78 is 5.28. The van der Waals surface area contributed by atoms with Crippen molar-refractivity contribution in [2.24, 2.45) is 5.73 Å². The molecule has 1 aromatic rings. The molecule has 1 amide bonds. The van der Waals surface area contributed by atoms with Crippen LogP contribution in [0.25, 0.3) is 0 Å². The van der Waals surface area contributed by atoms with Crippen molar-refractivity contribution in [3.63, 3.8) is 0 Å². The lowest BCUT2D eigenvalue weighted by Gasteiger charge is -2.12. The monoisotopic (exact) mass is 279 g/mol. The third-order valence-electron chi connectivity index (χ3n) is 3.33. The van der Waals surface area contributed by atoms with Crippen LogP contribution in [0.15, 0.2) is 18.3 Å². The maximum Gasteiger partial charge on any atom is 0.270 e. The minimum Gasteiger partial charge on any atom is -0.389 e. The molecular weight excluding hydrogens is 262 g/mol. The normalized spacial score (nSPS) is 22.2. The molecule has 102 valence electrons. The number of hydrogen-bond donors (Lipinski definition) is 2. The summed E-state index contributed by atoms with van der Waals surface area (Å²) >= 11 is 4.84. The number of amides is 1. The summed E-state index contributed by atoms with van der Waals surface area (Å²) in [6.45, 7) is 0. The minimum absolute atomic E-state index is 0.162. The second-order valence-corrected chi connectivity index (χ2v) is 5.08. The number of thiocarbonyl (C=S) groups is 1. The fourth-order valence-corrected chi connectivity index (χ4v) is 2.34. The SMILES string of the molecule is COC1CCC(NC(=O)c2ccc(C(N)=S)cn2)C1. The molecular formula is C13H17N3O2S. The molecule has 1 fully saturated rings. The van der Waals surface area contributed by atoms with Crippen LogP contribution >= 0.6 is 12.2 Å². The van der Waals surface area contributed by atoms with Gasteiger partial charge < -0.3 is 15.8 Å². The van der Waals surface area contributed by atoms with Gasteiger partial charge in [-0.1, -0.05) is 12.2 Å². The van der Waals surface area contributed by atoms with Gasteiger partial charge in [0.25, 0.3) is 5.91 Å². The van der Waals surface area contributed by atoms with Gasteiger partial charge in [-0.25, -0.2) is 0 Å². The number of aromatic nitrogens is 1. The van der Waals surface area contributed by atoms with Crippen LogP contribution in [-0.4, -0.2) is 35.1 Å². The van der Waals surface area contributed by atoms with Crippen LogP contribution in [0.5, 0.6) is 0 Å². The standard InChI is InChI=1S/C13H17N3O2S/c1-18-10-4-3-9(6-10)16-13(17)11-5-2-8(7-15-11)12(14)19/h2,5,7,9-10H,3-4,6H2,1H3,(H2,14,19)(H,16,17). The van der Waals surface area contributed by atoms with Crippen LogP contribution in [0.4, 0.5) is 0 Å². The zero-order chi connectivity index (χ0) is 13.8. The van der Waals surface area contributed by atoms with Crippen molar-refractivity contribution in [1.29, 1.82) is 0 Å². The first-order chi connectivity index (χ1) is 9.10.